The predicted octanol–water partition coefficient (Wildman–Crippen LogP) is 9.46. The summed E-state index contributed by atoms with van der Waals surface area (Å²) in [5.41, 5.74) is 6.92. The van der Waals surface area contributed by atoms with Gasteiger partial charge >= 0.3 is 0 Å². The number of hydrogen-bond acceptors (Lipinski definition) is 2. The van der Waals surface area contributed by atoms with E-state index >= 15 is 0 Å². The summed E-state index contributed by atoms with van der Waals surface area (Å²) < 4.78 is 0. The van der Waals surface area contributed by atoms with Gasteiger partial charge in [-0.2, -0.15) is 0 Å². The first kappa shape index (κ1) is 23.9. The second-order valence-electron chi connectivity index (χ2n) is 9.04. The van der Waals surface area contributed by atoms with Gasteiger partial charge in [0.1, 0.15) is 0 Å². The van der Waals surface area contributed by atoms with Crippen LogP contribution in [0.4, 0.5) is 5.69 Å². The summed E-state index contributed by atoms with van der Waals surface area (Å²) in [4.78, 5) is 10.1. The molecule has 2 heteroatoms. The third-order valence-corrected chi connectivity index (χ3v) is 7.11. The molecule has 0 spiro atoms. The average Bonchev–Trinajstić information content (AvgIpc) is 2.89. The molecule has 4 aromatic rings. The van der Waals surface area contributed by atoms with Crippen LogP contribution in [0.5, 0.6) is 0 Å². The maximum atomic E-state index is 5.12. The molecule has 1 heterocycles. The van der Waals surface area contributed by atoms with Crippen molar-refractivity contribution in [3.8, 4) is 11.3 Å². The quantitative estimate of drug-likeness (QED) is 0.234. The zero-order chi connectivity index (χ0) is 23.9. The van der Waals surface area contributed by atoms with Crippen LogP contribution in [0.1, 0.15) is 82.0 Å². The van der Waals surface area contributed by atoms with Gasteiger partial charge in [0.05, 0.1) is 23.3 Å². The molecule has 34 heavy (non-hydrogen) atoms. The molecule has 0 N–H and O–H groups in total. The van der Waals surface area contributed by atoms with Crippen molar-refractivity contribution in [3.63, 3.8) is 0 Å². The lowest BCUT2D eigenvalue weighted by Crippen LogP contribution is -2.02. The molecule has 174 valence electrons. The summed E-state index contributed by atoms with van der Waals surface area (Å²) in [6.45, 7) is 9.11. The van der Waals surface area contributed by atoms with Crippen molar-refractivity contribution in [2.45, 2.75) is 65.2 Å². The molecular weight excluding hydrogens is 412 g/mol. The largest absolute Gasteiger partial charge is 0.254 e. The van der Waals surface area contributed by atoms with Crippen LogP contribution >= 0.6 is 0 Å². The Morgan fingerprint density at radius 1 is 0.676 bits per heavy atom. The highest BCUT2D eigenvalue weighted by Gasteiger charge is 2.18. The fraction of sp³-hybridized carbons (Fsp3) is 0.312. The second-order valence-corrected chi connectivity index (χ2v) is 9.04. The Morgan fingerprint density at radius 2 is 1.26 bits per heavy atom. The molecular formula is C32H36N2. The van der Waals surface area contributed by atoms with E-state index < -0.39 is 0 Å². The molecule has 0 amide bonds. The number of rotatable bonds is 9. The summed E-state index contributed by atoms with van der Waals surface area (Å²) in [6.07, 6.45) is 6.46. The highest BCUT2D eigenvalue weighted by atomic mass is 14.8. The number of fused-ring (bicyclic) bond motifs is 1. The van der Waals surface area contributed by atoms with E-state index in [-0.39, 0.29) is 0 Å². The molecule has 3 aromatic carbocycles. The standard InChI is InChI=1S/C32H36N2/c1-5-23(6-2)28-18-13-19-29(24(7-3)8-4)32(28)33-22-26-16-12-21-31(34-26)30-20-11-15-25-14-9-10-17-27(25)30/h9-24H,5-8H2,1-4H3. The Balaban J connectivity index is 1.77. The molecule has 0 saturated carbocycles. The van der Waals surface area contributed by atoms with Gasteiger partial charge in [-0.1, -0.05) is 94.4 Å². The first-order valence-corrected chi connectivity index (χ1v) is 12.8. The van der Waals surface area contributed by atoms with Crippen LogP contribution in [0.25, 0.3) is 22.0 Å². The van der Waals surface area contributed by atoms with Crippen LogP contribution in [0.2, 0.25) is 0 Å². The van der Waals surface area contributed by atoms with Crippen molar-refractivity contribution in [2.24, 2.45) is 4.99 Å². The van der Waals surface area contributed by atoms with Gasteiger partial charge in [-0.15, -0.1) is 0 Å². The molecule has 0 bridgehead atoms. The van der Waals surface area contributed by atoms with Crippen LogP contribution in [0.3, 0.4) is 0 Å². The topological polar surface area (TPSA) is 25.2 Å². The van der Waals surface area contributed by atoms with Crippen LogP contribution in [0.15, 0.2) is 83.9 Å². The minimum Gasteiger partial charge on any atom is -0.254 e. The summed E-state index contributed by atoms with van der Waals surface area (Å²) in [5.74, 6) is 1.05. The number of aromatic nitrogens is 1. The fourth-order valence-electron chi connectivity index (χ4n) is 5.10. The maximum Gasteiger partial charge on any atom is 0.0820 e. The van der Waals surface area contributed by atoms with E-state index in [1.54, 1.807) is 0 Å². The minimum absolute atomic E-state index is 0.524. The highest BCUT2D eigenvalue weighted by molar-refractivity contribution is 5.96. The highest BCUT2D eigenvalue weighted by Crippen LogP contribution is 2.39. The van der Waals surface area contributed by atoms with Gasteiger partial charge in [0.2, 0.25) is 0 Å². The molecule has 4 rings (SSSR count). The number of benzene rings is 3. The molecule has 0 aliphatic rings. The Hall–Kier alpha value is -3.26. The lowest BCUT2D eigenvalue weighted by molar-refractivity contribution is 0.625. The number of pyridine rings is 1. The van der Waals surface area contributed by atoms with Gasteiger partial charge in [0.25, 0.3) is 0 Å². The van der Waals surface area contributed by atoms with E-state index in [2.05, 4.69) is 107 Å². The average molecular weight is 449 g/mol. The van der Waals surface area contributed by atoms with Gasteiger partial charge in [-0.3, -0.25) is 4.99 Å². The zero-order valence-corrected chi connectivity index (χ0v) is 21.0. The fourth-order valence-corrected chi connectivity index (χ4v) is 5.10. The maximum absolute atomic E-state index is 5.12. The minimum atomic E-state index is 0.524. The first-order valence-electron chi connectivity index (χ1n) is 12.8. The van der Waals surface area contributed by atoms with Crippen molar-refractivity contribution in [1.29, 1.82) is 0 Å². The monoisotopic (exact) mass is 448 g/mol. The van der Waals surface area contributed by atoms with Crippen LogP contribution in [0, 0.1) is 0 Å². The van der Waals surface area contributed by atoms with Crippen molar-refractivity contribution in [2.75, 3.05) is 0 Å². The molecule has 2 nitrogen and oxygen atoms in total. The van der Waals surface area contributed by atoms with E-state index in [0.717, 1.165) is 48.3 Å². The lowest BCUT2D eigenvalue weighted by Gasteiger charge is -2.22. The zero-order valence-electron chi connectivity index (χ0n) is 21.0. The van der Waals surface area contributed by atoms with Gasteiger partial charge < -0.3 is 0 Å². The Bertz CT molecular complexity index is 1230. The van der Waals surface area contributed by atoms with Crippen molar-refractivity contribution in [3.05, 3.63) is 95.7 Å². The third kappa shape index (κ3) is 4.97. The first-order chi connectivity index (χ1) is 16.7. The second kappa shape index (κ2) is 11.2. The van der Waals surface area contributed by atoms with Gasteiger partial charge in [-0.05, 0) is 71.6 Å². The predicted molar refractivity (Wildman–Crippen MR) is 148 cm³/mol. The summed E-state index contributed by atoms with van der Waals surface area (Å²) >= 11 is 0. The van der Waals surface area contributed by atoms with Gasteiger partial charge in [-0.25, -0.2) is 4.98 Å². The van der Waals surface area contributed by atoms with Crippen LogP contribution in [-0.4, -0.2) is 11.2 Å². The summed E-state index contributed by atoms with van der Waals surface area (Å²) in [5, 5.41) is 2.46. The van der Waals surface area contributed by atoms with Gasteiger partial charge in [0, 0.05) is 5.56 Å². The SMILES string of the molecule is CCC(CC)c1cccc(C(CC)CC)c1N=Cc1cccc(-c2cccc3ccccc23)n1. The number of hydrogen-bond donors (Lipinski definition) is 0. The Morgan fingerprint density at radius 3 is 1.94 bits per heavy atom. The van der Waals surface area contributed by atoms with Crippen molar-refractivity contribution in [1.82, 2.24) is 4.98 Å². The van der Waals surface area contributed by atoms with E-state index in [9.17, 15) is 0 Å². The third-order valence-electron chi connectivity index (χ3n) is 7.11. The van der Waals surface area contributed by atoms with E-state index in [0.29, 0.717) is 11.8 Å². The molecule has 0 saturated heterocycles. The van der Waals surface area contributed by atoms with E-state index in [4.69, 9.17) is 9.98 Å². The lowest BCUT2D eigenvalue weighted by atomic mass is 9.85. The Labute approximate surface area is 204 Å². The summed E-state index contributed by atoms with van der Waals surface area (Å²) in [7, 11) is 0. The van der Waals surface area contributed by atoms with Crippen LogP contribution < -0.4 is 0 Å². The summed E-state index contributed by atoms with van der Waals surface area (Å²) in [6, 6.07) is 27.9. The Kier molecular flexibility index (Phi) is 7.90. The van der Waals surface area contributed by atoms with E-state index in [1.165, 1.54) is 21.9 Å². The van der Waals surface area contributed by atoms with Crippen molar-refractivity contribution < 1.29 is 0 Å². The molecule has 1 aromatic heterocycles. The molecule has 0 unspecified atom stereocenters. The molecule has 0 atom stereocenters. The smallest absolute Gasteiger partial charge is 0.0820 e. The number of aliphatic imine (C=N–C) groups is 1. The molecule has 0 radical (unpaired) electrons. The molecule has 0 aliphatic heterocycles. The number of nitrogens with zero attached hydrogens (tertiary/aromatic N) is 2. The van der Waals surface area contributed by atoms with E-state index in [1.807, 2.05) is 6.21 Å². The number of para-hydroxylation sites is 1. The normalized spacial score (nSPS) is 11.8. The van der Waals surface area contributed by atoms with Crippen LogP contribution in [-0.2, 0) is 0 Å². The van der Waals surface area contributed by atoms with Crippen molar-refractivity contribution >= 4 is 22.7 Å². The molecule has 0 aliphatic carbocycles. The van der Waals surface area contributed by atoms with Gasteiger partial charge in [0.15, 0.2) is 0 Å². The molecule has 0 fully saturated rings.